The van der Waals surface area contributed by atoms with Crippen LogP contribution < -0.4 is 5.32 Å². The minimum atomic E-state index is -0.00483. The zero-order chi connectivity index (χ0) is 17.6. The molecule has 0 bridgehead atoms. The zero-order valence-electron chi connectivity index (χ0n) is 14.6. The van der Waals surface area contributed by atoms with Crippen molar-refractivity contribution in [1.29, 1.82) is 0 Å². The molecule has 1 amide bonds. The van der Waals surface area contributed by atoms with Crippen molar-refractivity contribution in [2.45, 2.75) is 33.2 Å². The molecule has 0 aliphatic carbocycles. The minimum absolute atomic E-state index is 0.00483. The van der Waals surface area contributed by atoms with Crippen LogP contribution in [0.3, 0.4) is 0 Å². The quantitative estimate of drug-likeness (QED) is 0.735. The van der Waals surface area contributed by atoms with Crippen LogP contribution >= 0.6 is 0 Å². The Labute approximate surface area is 147 Å². The summed E-state index contributed by atoms with van der Waals surface area (Å²) in [6.07, 6.45) is 2.58. The van der Waals surface area contributed by atoms with Crippen LogP contribution in [0.1, 0.15) is 29.0 Å². The molecule has 2 aromatic carbocycles. The molecule has 25 heavy (non-hydrogen) atoms. The molecular formula is C21H22N2O2. The molecule has 0 unspecified atom stereocenters. The van der Waals surface area contributed by atoms with Crippen molar-refractivity contribution in [3.05, 3.63) is 77.3 Å². The topological polar surface area (TPSA) is 55.1 Å². The van der Waals surface area contributed by atoms with Gasteiger partial charge in [0, 0.05) is 24.9 Å². The van der Waals surface area contributed by atoms with E-state index in [0.29, 0.717) is 25.3 Å². The summed E-state index contributed by atoms with van der Waals surface area (Å²) in [6, 6.07) is 16.1. The van der Waals surface area contributed by atoms with Gasteiger partial charge in [0.2, 0.25) is 5.91 Å². The molecule has 4 heteroatoms. The third kappa shape index (κ3) is 4.57. The number of amides is 1. The maximum atomic E-state index is 12.0. The molecule has 0 atom stereocenters. The Hall–Kier alpha value is -2.88. The number of rotatable bonds is 6. The van der Waals surface area contributed by atoms with Gasteiger partial charge in [-0.15, -0.1) is 0 Å². The number of carbonyl (C=O) groups is 1. The summed E-state index contributed by atoms with van der Waals surface area (Å²) >= 11 is 0. The molecule has 1 N–H and O–H groups in total. The van der Waals surface area contributed by atoms with E-state index in [1.54, 1.807) is 6.20 Å². The Morgan fingerprint density at radius 3 is 2.64 bits per heavy atom. The van der Waals surface area contributed by atoms with E-state index in [1.807, 2.05) is 36.4 Å². The van der Waals surface area contributed by atoms with E-state index >= 15 is 0 Å². The molecule has 0 aliphatic rings. The molecule has 1 aromatic heterocycles. The van der Waals surface area contributed by atoms with Crippen molar-refractivity contribution in [3.8, 4) is 11.3 Å². The van der Waals surface area contributed by atoms with E-state index in [4.69, 9.17) is 4.42 Å². The molecule has 128 valence electrons. The Morgan fingerprint density at radius 2 is 1.88 bits per heavy atom. The Kier molecular flexibility index (Phi) is 5.29. The second-order valence-corrected chi connectivity index (χ2v) is 6.18. The van der Waals surface area contributed by atoms with Gasteiger partial charge in [-0.05, 0) is 36.6 Å². The highest BCUT2D eigenvalue weighted by atomic mass is 16.4. The number of benzene rings is 2. The van der Waals surface area contributed by atoms with Gasteiger partial charge >= 0.3 is 0 Å². The predicted molar refractivity (Wildman–Crippen MR) is 98.0 cm³/mol. The Bertz CT molecular complexity index is 853. The number of hydrogen-bond acceptors (Lipinski definition) is 3. The van der Waals surface area contributed by atoms with E-state index in [0.717, 1.165) is 16.9 Å². The van der Waals surface area contributed by atoms with E-state index in [2.05, 4.69) is 36.3 Å². The number of carbonyl (C=O) groups excluding carboxylic acids is 1. The second kappa shape index (κ2) is 7.79. The standard InChI is InChI=1S/C21H22N2O2/c1-15-8-9-18(12-16(15)2)19-14-23-21(25-19)11-10-20(24)22-13-17-6-4-3-5-7-17/h3-9,12,14H,10-11,13H2,1-2H3,(H,22,24). The first-order chi connectivity index (χ1) is 12.1. The van der Waals surface area contributed by atoms with Gasteiger partial charge in [0.25, 0.3) is 0 Å². The molecule has 0 saturated heterocycles. The lowest BCUT2D eigenvalue weighted by Gasteiger charge is -2.04. The fourth-order valence-corrected chi connectivity index (χ4v) is 2.56. The van der Waals surface area contributed by atoms with Gasteiger partial charge in [-0.25, -0.2) is 4.98 Å². The van der Waals surface area contributed by atoms with E-state index in [9.17, 15) is 4.79 Å². The lowest BCUT2D eigenvalue weighted by Crippen LogP contribution is -2.22. The Balaban J connectivity index is 1.53. The van der Waals surface area contributed by atoms with E-state index < -0.39 is 0 Å². The van der Waals surface area contributed by atoms with Gasteiger partial charge in [0.15, 0.2) is 11.7 Å². The van der Waals surface area contributed by atoms with E-state index in [-0.39, 0.29) is 5.91 Å². The van der Waals surface area contributed by atoms with Crippen molar-refractivity contribution >= 4 is 5.91 Å². The van der Waals surface area contributed by atoms with Crippen molar-refractivity contribution in [2.24, 2.45) is 0 Å². The number of hydrogen-bond donors (Lipinski definition) is 1. The maximum absolute atomic E-state index is 12.0. The van der Waals surface area contributed by atoms with Crippen molar-refractivity contribution in [1.82, 2.24) is 10.3 Å². The Morgan fingerprint density at radius 1 is 1.08 bits per heavy atom. The molecule has 0 aliphatic heterocycles. The minimum Gasteiger partial charge on any atom is -0.441 e. The van der Waals surface area contributed by atoms with Gasteiger partial charge in [0.1, 0.15) is 0 Å². The summed E-state index contributed by atoms with van der Waals surface area (Å²) in [6.45, 7) is 4.70. The normalized spacial score (nSPS) is 10.6. The highest BCUT2D eigenvalue weighted by molar-refractivity contribution is 5.76. The third-order valence-corrected chi connectivity index (χ3v) is 4.24. The molecule has 3 aromatic rings. The number of oxazole rings is 1. The molecule has 0 radical (unpaired) electrons. The second-order valence-electron chi connectivity index (χ2n) is 6.18. The summed E-state index contributed by atoms with van der Waals surface area (Å²) in [5.41, 5.74) is 4.56. The summed E-state index contributed by atoms with van der Waals surface area (Å²) in [5.74, 6) is 1.32. The van der Waals surface area contributed by atoms with Crippen molar-refractivity contribution in [3.63, 3.8) is 0 Å². The van der Waals surface area contributed by atoms with E-state index in [1.165, 1.54) is 11.1 Å². The maximum Gasteiger partial charge on any atom is 0.220 e. The average Bonchev–Trinajstić information content (AvgIpc) is 3.10. The predicted octanol–water partition coefficient (Wildman–Crippen LogP) is 4.21. The first-order valence-electron chi connectivity index (χ1n) is 8.45. The number of nitrogens with one attached hydrogen (secondary N) is 1. The smallest absolute Gasteiger partial charge is 0.220 e. The lowest BCUT2D eigenvalue weighted by molar-refractivity contribution is -0.121. The van der Waals surface area contributed by atoms with Crippen LogP contribution in [0.15, 0.2) is 59.1 Å². The summed E-state index contributed by atoms with van der Waals surface area (Å²) in [5, 5.41) is 2.91. The highest BCUT2D eigenvalue weighted by Gasteiger charge is 2.09. The first kappa shape index (κ1) is 17.0. The largest absolute Gasteiger partial charge is 0.441 e. The first-order valence-corrected chi connectivity index (χ1v) is 8.45. The zero-order valence-corrected chi connectivity index (χ0v) is 14.6. The fraction of sp³-hybridized carbons (Fsp3) is 0.238. The van der Waals surface area contributed by atoms with Crippen LogP contribution in [-0.2, 0) is 17.8 Å². The number of aromatic nitrogens is 1. The highest BCUT2D eigenvalue weighted by Crippen LogP contribution is 2.23. The van der Waals surface area contributed by atoms with Gasteiger partial charge in [-0.3, -0.25) is 4.79 Å². The summed E-state index contributed by atoms with van der Waals surface area (Å²) in [4.78, 5) is 16.3. The van der Waals surface area contributed by atoms with Gasteiger partial charge < -0.3 is 9.73 Å². The van der Waals surface area contributed by atoms with Gasteiger partial charge in [-0.1, -0.05) is 42.5 Å². The van der Waals surface area contributed by atoms with Gasteiger partial charge in [0.05, 0.1) is 6.20 Å². The fourth-order valence-electron chi connectivity index (χ4n) is 2.56. The summed E-state index contributed by atoms with van der Waals surface area (Å²) < 4.78 is 5.79. The molecule has 0 fully saturated rings. The van der Waals surface area contributed by atoms with Crippen LogP contribution in [-0.4, -0.2) is 10.9 Å². The van der Waals surface area contributed by atoms with Gasteiger partial charge in [-0.2, -0.15) is 0 Å². The molecular weight excluding hydrogens is 312 g/mol. The van der Waals surface area contributed by atoms with Crippen molar-refractivity contribution in [2.75, 3.05) is 0 Å². The molecule has 3 rings (SSSR count). The lowest BCUT2D eigenvalue weighted by atomic mass is 10.1. The third-order valence-electron chi connectivity index (χ3n) is 4.24. The average molecular weight is 334 g/mol. The molecule has 1 heterocycles. The molecule has 0 saturated carbocycles. The number of nitrogens with zero attached hydrogens (tertiary/aromatic N) is 1. The van der Waals surface area contributed by atoms with Crippen LogP contribution in [0.2, 0.25) is 0 Å². The van der Waals surface area contributed by atoms with Crippen molar-refractivity contribution < 1.29 is 9.21 Å². The van der Waals surface area contributed by atoms with Crippen LogP contribution in [0.4, 0.5) is 0 Å². The molecule has 0 spiro atoms. The van der Waals surface area contributed by atoms with Crippen LogP contribution in [0, 0.1) is 13.8 Å². The summed E-state index contributed by atoms with van der Waals surface area (Å²) in [7, 11) is 0. The SMILES string of the molecule is Cc1ccc(-c2cnc(CCC(=O)NCc3ccccc3)o2)cc1C. The van der Waals surface area contributed by atoms with Crippen LogP contribution in [0.5, 0.6) is 0 Å². The monoisotopic (exact) mass is 334 g/mol. The number of aryl methyl sites for hydroxylation is 3. The van der Waals surface area contributed by atoms with Crippen LogP contribution in [0.25, 0.3) is 11.3 Å². The molecule has 4 nitrogen and oxygen atoms in total.